The Morgan fingerprint density at radius 3 is 3.00 bits per heavy atom. The van der Waals surface area contributed by atoms with Crippen LogP contribution in [0.2, 0.25) is 0 Å². The fraction of sp³-hybridized carbons (Fsp3) is 0.600. The van der Waals surface area contributed by atoms with Crippen molar-refractivity contribution in [3.63, 3.8) is 0 Å². The van der Waals surface area contributed by atoms with Crippen LogP contribution in [0.5, 0.6) is 0 Å². The maximum atomic E-state index is 9.59. The molecule has 11 heavy (non-hydrogen) atoms. The summed E-state index contributed by atoms with van der Waals surface area (Å²) < 4.78 is 0. The summed E-state index contributed by atoms with van der Waals surface area (Å²) in [7, 11) is 0. The van der Waals surface area contributed by atoms with E-state index in [4.69, 9.17) is 0 Å². The summed E-state index contributed by atoms with van der Waals surface area (Å²) in [6, 6.07) is 0. The van der Waals surface area contributed by atoms with E-state index in [9.17, 15) is 5.11 Å². The lowest BCUT2D eigenvalue weighted by Gasteiger charge is -2.11. The second-order valence-electron chi connectivity index (χ2n) is 3.24. The largest absolute Gasteiger partial charge is 0.388 e. The molecule has 0 aromatic rings. The van der Waals surface area contributed by atoms with E-state index in [1.165, 1.54) is 6.42 Å². The Labute approximate surface area is 68.4 Å². The minimum Gasteiger partial charge on any atom is -0.388 e. The van der Waals surface area contributed by atoms with Gasteiger partial charge in [-0.1, -0.05) is 24.6 Å². The highest BCUT2D eigenvalue weighted by atomic mass is 16.3. The summed E-state index contributed by atoms with van der Waals surface area (Å²) in [6.45, 7) is 5.80. The van der Waals surface area contributed by atoms with Crippen molar-refractivity contribution in [1.29, 1.82) is 0 Å². The molecule has 0 bridgehead atoms. The van der Waals surface area contributed by atoms with Crippen molar-refractivity contribution in [1.82, 2.24) is 0 Å². The van der Waals surface area contributed by atoms with E-state index < -0.39 is 0 Å². The fourth-order valence-electron chi connectivity index (χ4n) is 1.49. The monoisotopic (exact) mass is 152 g/mol. The zero-order valence-corrected chi connectivity index (χ0v) is 7.14. The van der Waals surface area contributed by atoms with E-state index >= 15 is 0 Å². The van der Waals surface area contributed by atoms with Gasteiger partial charge in [-0.15, -0.1) is 0 Å². The first-order chi connectivity index (χ1) is 5.22. The van der Waals surface area contributed by atoms with Gasteiger partial charge in [-0.2, -0.15) is 0 Å². The number of aliphatic hydroxyl groups is 1. The predicted molar refractivity (Wildman–Crippen MR) is 47.4 cm³/mol. The first-order valence-corrected chi connectivity index (χ1v) is 4.26. The van der Waals surface area contributed by atoms with Crippen LogP contribution < -0.4 is 0 Å². The van der Waals surface area contributed by atoms with Crippen LogP contribution in [0, 0.1) is 0 Å². The van der Waals surface area contributed by atoms with E-state index in [0.717, 1.165) is 30.4 Å². The summed E-state index contributed by atoms with van der Waals surface area (Å²) in [5.41, 5.74) is 2.07. The van der Waals surface area contributed by atoms with Gasteiger partial charge in [0.2, 0.25) is 0 Å². The van der Waals surface area contributed by atoms with Crippen molar-refractivity contribution < 1.29 is 5.11 Å². The second kappa shape index (κ2) is 3.72. The normalized spacial score (nSPS) is 25.6. The summed E-state index contributed by atoms with van der Waals surface area (Å²) >= 11 is 0. The van der Waals surface area contributed by atoms with Gasteiger partial charge >= 0.3 is 0 Å². The van der Waals surface area contributed by atoms with Gasteiger partial charge < -0.3 is 5.11 Å². The van der Waals surface area contributed by atoms with Crippen LogP contribution in [0.3, 0.4) is 0 Å². The first-order valence-electron chi connectivity index (χ1n) is 4.26. The average Bonchev–Trinajstić information content (AvgIpc) is 2.13. The summed E-state index contributed by atoms with van der Waals surface area (Å²) in [4.78, 5) is 0. The maximum Gasteiger partial charge on any atom is 0.0789 e. The summed E-state index contributed by atoms with van der Waals surface area (Å²) in [5, 5.41) is 9.59. The molecule has 0 amide bonds. The van der Waals surface area contributed by atoms with Gasteiger partial charge in [-0.3, -0.25) is 0 Å². The lowest BCUT2D eigenvalue weighted by atomic mass is 10.0. The third-order valence-corrected chi connectivity index (χ3v) is 2.15. The molecule has 62 valence electrons. The SMILES string of the molecule is C=C(C)C1=CCCCCC1O. The molecule has 1 unspecified atom stereocenters. The Morgan fingerprint density at radius 2 is 2.36 bits per heavy atom. The van der Waals surface area contributed by atoms with Gasteiger partial charge in [0.1, 0.15) is 0 Å². The maximum absolute atomic E-state index is 9.59. The molecule has 0 aromatic heterocycles. The van der Waals surface area contributed by atoms with Crippen LogP contribution in [0.1, 0.15) is 32.6 Å². The lowest BCUT2D eigenvalue weighted by Crippen LogP contribution is -2.09. The zero-order chi connectivity index (χ0) is 8.27. The van der Waals surface area contributed by atoms with Crippen molar-refractivity contribution >= 4 is 0 Å². The van der Waals surface area contributed by atoms with Crippen LogP contribution >= 0.6 is 0 Å². The predicted octanol–water partition coefficient (Wildman–Crippen LogP) is 2.42. The van der Waals surface area contributed by atoms with Crippen LogP contribution in [-0.4, -0.2) is 11.2 Å². The molecule has 1 rings (SSSR count). The molecule has 1 nitrogen and oxygen atoms in total. The van der Waals surface area contributed by atoms with Crippen LogP contribution in [0.4, 0.5) is 0 Å². The average molecular weight is 152 g/mol. The quantitative estimate of drug-likeness (QED) is 0.611. The fourth-order valence-corrected chi connectivity index (χ4v) is 1.49. The third-order valence-electron chi connectivity index (χ3n) is 2.15. The molecular weight excluding hydrogens is 136 g/mol. The Bertz CT molecular complexity index is 179. The highest BCUT2D eigenvalue weighted by molar-refractivity contribution is 5.30. The van der Waals surface area contributed by atoms with Gasteiger partial charge in [0.15, 0.2) is 0 Å². The molecular formula is C10H16O. The minimum absolute atomic E-state index is 0.255. The molecule has 1 aliphatic rings. The van der Waals surface area contributed by atoms with Gasteiger partial charge in [-0.05, 0) is 31.8 Å². The summed E-state index contributed by atoms with van der Waals surface area (Å²) in [6.07, 6.45) is 6.20. The van der Waals surface area contributed by atoms with Crippen molar-refractivity contribution in [3.8, 4) is 0 Å². The van der Waals surface area contributed by atoms with E-state index in [0.29, 0.717) is 0 Å². The van der Waals surface area contributed by atoms with Crippen LogP contribution in [0.15, 0.2) is 23.8 Å². The second-order valence-corrected chi connectivity index (χ2v) is 3.24. The number of allylic oxidation sites excluding steroid dienone is 1. The van der Waals surface area contributed by atoms with Gasteiger partial charge in [-0.25, -0.2) is 0 Å². The molecule has 0 fully saturated rings. The van der Waals surface area contributed by atoms with Crippen molar-refractivity contribution in [2.45, 2.75) is 38.7 Å². The Balaban J connectivity index is 2.70. The molecule has 0 spiro atoms. The van der Waals surface area contributed by atoms with Gasteiger partial charge in [0, 0.05) is 0 Å². The van der Waals surface area contributed by atoms with E-state index in [1.54, 1.807) is 0 Å². The molecule has 0 saturated carbocycles. The highest BCUT2D eigenvalue weighted by Gasteiger charge is 2.13. The van der Waals surface area contributed by atoms with Crippen LogP contribution in [-0.2, 0) is 0 Å². The molecule has 1 aliphatic carbocycles. The molecule has 0 heterocycles. The molecule has 1 heteroatoms. The van der Waals surface area contributed by atoms with E-state index in [2.05, 4.69) is 12.7 Å². The minimum atomic E-state index is -0.255. The topological polar surface area (TPSA) is 20.2 Å². The standard InChI is InChI=1S/C10H16O/c1-8(2)9-6-4-3-5-7-10(9)11/h6,10-11H,1,3-5,7H2,2H3. The first kappa shape index (κ1) is 8.54. The Morgan fingerprint density at radius 1 is 1.64 bits per heavy atom. The number of aliphatic hydroxyl groups excluding tert-OH is 1. The molecule has 1 atom stereocenters. The smallest absolute Gasteiger partial charge is 0.0789 e. The molecule has 0 saturated heterocycles. The van der Waals surface area contributed by atoms with Crippen molar-refractivity contribution in [2.24, 2.45) is 0 Å². The van der Waals surface area contributed by atoms with Gasteiger partial charge in [0.25, 0.3) is 0 Å². The number of rotatable bonds is 1. The zero-order valence-electron chi connectivity index (χ0n) is 7.14. The van der Waals surface area contributed by atoms with Crippen molar-refractivity contribution in [2.75, 3.05) is 0 Å². The van der Waals surface area contributed by atoms with E-state index in [-0.39, 0.29) is 6.10 Å². The van der Waals surface area contributed by atoms with E-state index in [1.807, 2.05) is 6.92 Å². The highest BCUT2D eigenvalue weighted by Crippen LogP contribution is 2.22. The third kappa shape index (κ3) is 2.19. The molecule has 1 N–H and O–H groups in total. The van der Waals surface area contributed by atoms with Gasteiger partial charge in [0.05, 0.1) is 6.10 Å². The number of hydrogen-bond donors (Lipinski definition) is 1. The van der Waals surface area contributed by atoms with Crippen LogP contribution in [0.25, 0.3) is 0 Å². The summed E-state index contributed by atoms with van der Waals surface area (Å²) in [5.74, 6) is 0. The Hall–Kier alpha value is -0.560. The molecule has 0 aromatic carbocycles. The molecule has 0 aliphatic heterocycles. The molecule has 0 radical (unpaired) electrons. The Kier molecular flexibility index (Phi) is 2.89. The number of hydrogen-bond acceptors (Lipinski definition) is 1. The lowest BCUT2D eigenvalue weighted by molar-refractivity contribution is 0.201. The van der Waals surface area contributed by atoms with Crippen molar-refractivity contribution in [3.05, 3.63) is 23.8 Å².